The predicted octanol–water partition coefficient (Wildman–Crippen LogP) is 6.29. The van der Waals surface area contributed by atoms with E-state index in [-0.39, 0.29) is 6.09 Å². The largest absolute Gasteiger partial charge is 0.455 e. The topological polar surface area (TPSA) is 54.4 Å². The molecule has 1 aliphatic heterocycles. The maximum absolute atomic E-state index is 11.9. The Balaban J connectivity index is 0.00000166. The second-order valence-corrected chi connectivity index (χ2v) is 7.30. The number of hydrogen-bond acceptors (Lipinski definition) is 4. The summed E-state index contributed by atoms with van der Waals surface area (Å²) in [5.74, 6) is 1.42. The molecule has 0 atom stereocenters. The number of carbonyl (C=O) groups is 1. The number of nitrogens with zero attached hydrogens (tertiary/aromatic N) is 3. The average molecular weight is 446 g/mol. The Kier molecular flexibility index (Phi) is 10.2. The summed E-state index contributed by atoms with van der Waals surface area (Å²) < 4.78 is 11.3. The van der Waals surface area contributed by atoms with Crippen molar-refractivity contribution in [3.63, 3.8) is 0 Å². The molecule has 0 saturated carbocycles. The number of amides is 1. The minimum absolute atomic E-state index is 0.236. The molecule has 0 radical (unpaired) electrons. The Morgan fingerprint density at radius 1 is 1.10 bits per heavy atom. The summed E-state index contributed by atoms with van der Waals surface area (Å²) in [5.41, 5.74) is 1.70. The zero-order valence-corrected chi connectivity index (χ0v) is 19.6. The van der Waals surface area contributed by atoms with Gasteiger partial charge in [0, 0.05) is 31.2 Å². The number of piperazine rings is 1. The van der Waals surface area contributed by atoms with E-state index in [1.54, 1.807) is 11.0 Å². The van der Waals surface area contributed by atoms with Crippen LogP contribution in [0.15, 0.2) is 47.5 Å². The highest BCUT2D eigenvalue weighted by molar-refractivity contribution is 6.30. The third kappa shape index (κ3) is 7.47. The van der Waals surface area contributed by atoms with Crippen molar-refractivity contribution in [1.29, 1.82) is 0 Å². The molecule has 2 aromatic carbocycles. The number of ether oxygens (including phenoxy) is 2. The van der Waals surface area contributed by atoms with Gasteiger partial charge in [-0.05, 0) is 49.2 Å². The van der Waals surface area contributed by atoms with Crippen molar-refractivity contribution in [3.8, 4) is 11.5 Å². The number of para-hydroxylation sites is 2. The Hall–Kier alpha value is -2.73. The van der Waals surface area contributed by atoms with Crippen LogP contribution in [0.3, 0.4) is 0 Å². The van der Waals surface area contributed by atoms with Gasteiger partial charge in [-0.3, -0.25) is 0 Å². The molecule has 6 nitrogen and oxygen atoms in total. The summed E-state index contributed by atoms with van der Waals surface area (Å²) in [6.45, 7) is 11.1. The first-order valence-electron chi connectivity index (χ1n) is 10.8. The summed E-state index contributed by atoms with van der Waals surface area (Å²) in [5, 5.41) is 0.680. The lowest BCUT2D eigenvalue weighted by molar-refractivity contribution is 0.0886. The third-order valence-electron chi connectivity index (χ3n) is 4.58. The first kappa shape index (κ1) is 24.5. The molecular weight excluding hydrogens is 414 g/mol. The van der Waals surface area contributed by atoms with E-state index >= 15 is 0 Å². The van der Waals surface area contributed by atoms with Crippen molar-refractivity contribution in [3.05, 3.63) is 53.1 Å². The Morgan fingerprint density at radius 2 is 1.81 bits per heavy atom. The standard InChI is InChI=1S/C22H26ClN3O3.C2H6/c1-3-14-28-22(27)26-12-10-25(11-13-26)16-24-19-6-4-5-7-21(19)29-20-9-8-18(23)15-17(20)2;1-2/h4-9,15-16H,3,10-14H2,1-2H3;1-2H3. The minimum atomic E-state index is -0.236. The molecule has 1 saturated heterocycles. The van der Waals surface area contributed by atoms with Crippen LogP contribution in [-0.2, 0) is 4.74 Å². The van der Waals surface area contributed by atoms with E-state index in [1.165, 1.54) is 0 Å². The second-order valence-electron chi connectivity index (χ2n) is 6.86. The second kappa shape index (κ2) is 12.8. The molecule has 1 amide bonds. The van der Waals surface area contributed by atoms with E-state index in [1.807, 2.05) is 70.4 Å². The lowest BCUT2D eigenvalue weighted by atomic mass is 10.2. The fraction of sp³-hybridized carbons (Fsp3) is 0.417. The van der Waals surface area contributed by atoms with Crippen LogP contribution in [0.25, 0.3) is 0 Å². The number of aryl methyl sites for hydroxylation is 1. The maximum Gasteiger partial charge on any atom is 0.409 e. The monoisotopic (exact) mass is 445 g/mol. The van der Waals surface area contributed by atoms with Crippen molar-refractivity contribution < 1.29 is 14.3 Å². The lowest BCUT2D eigenvalue weighted by Crippen LogP contribution is -2.48. The van der Waals surface area contributed by atoms with Crippen molar-refractivity contribution in [2.45, 2.75) is 34.1 Å². The number of aliphatic imine (C=N–C) groups is 1. The summed E-state index contributed by atoms with van der Waals surface area (Å²) in [4.78, 5) is 20.4. The quantitative estimate of drug-likeness (QED) is 0.387. The van der Waals surface area contributed by atoms with Crippen molar-refractivity contribution in [2.75, 3.05) is 32.8 Å². The van der Waals surface area contributed by atoms with E-state index in [0.29, 0.717) is 43.6 Å². The normalized spacial score (nSPS) is 13.6. The molecule has 0 bridgehead atoms. The Bertz CT molecular complexity index is 865. The average Bonchev–Trinajstić information content (AvgIpc) is 2.80. The van der Waals surface area contributed by atoms with Gasteiger partial charge in [0.1, 0.15) is 11.4 Å². The molecule has 3 rings (SSSR count). The Labute approximate surface area is 190 Å². The van der Waals surface area contributed by atoms with Gasteiger partial charge in [0.05, 0.1) is 12.9 Å². The highest BCUT2D eigenvalue weighted by atomic mass is 35.5. The van der Waals surface area contributed by atoms with E-state index in [9.17, 15) is 4.79 Å². The smallest absolute Gasteiger partial charge is 0.409 e. The molecule has 1 aliphatic rings. The van der Waals surface area contributed by atoms with Gasteiger partial charge in [0.15, 0.2) is 5.75 Å². The van der Waals surface area contributed by atoms with Gasteiger partial charge < -0.3 is 19.3 Å². The van der Waals surface area contributed by atoms with Crippen LogP contribution < -0.4 is 4.74 Å². The van der Waals surface area contributed by atoms with Gasteiger partial charge in [-0.1, -0.05) is 44.5 Å². The van der Waals surface area contributed by atoms with Gasteiger partial charge in [-0.25, -0.2) is 9.79 Å². The number of hydrogen-bond donors (Lipinski definition) is 0. The van der Waals surface area contributed by atoms with Crippen LogP contribution in [0.1, 0.15) is 32.8 Å². The zero-order valence-electron chi connectivity index (χ0n) is 18.8. The molecule has 0 aromatic heterocycles. The predicted molar refractivity (Wildman–Crippen MR) is 127 cm³/mol. The minimum Gasteiger partial charge on any atom is -0.455 e. The summed E-state index contributed by atoms with van der Waals surface area (Å²) in [6, 6.07) is 13.2. The number of carbonyl (C=O) groups excluding carboxylic acids is 1. The first-order valence-corrected chi connectivity index (χ1v) is 11.2. The lowest BCUT2D eigenvalue weighted by Gasteiger charge is -2.32. The number of halogens is 1. The maximum atomic E-state index is 11.9. The van der Waals surface area contributed by atoms with Crippen molar-refractivity contribution >= 4 is 29.7 Å². The zero-order chi connectivity index (χ0) is 22.6. The van der Waals surface area contributed by atoms with Gasteiger partial charge in [0.25, 0.3) is 0 Å². The molecule has 0 N–H and O–H groups in total. The van der Waals surface area contributed by atoms with Crippen molar-refractivity contribution in [1.82, 2.24) is 9.80 Å². The van der Waals surface area contributed by atoms with E-state index in [4.69, 9.17) is 21.1 Å². The molecule has 2 aromatic rings. The molecule has 0 aliphatic carbocycles. The summed E-state index contributed by atoms with van der Waals surface area (Å²) >= 11 is 6.02. The molecule has 0 unspecified atom stereocenters. The first-order chi connectivity index (χ1) is 15.1. The number of benzene rings is 2. The summed E-state index contributed by atoms with van der Waals surface area (Å²) in [7, 11) is 0. The van der Waals surface area contributed by atoms with E-state index < -0.39 is 0 Å². The van der Waals surface area contributed by atoms with Crippen LogP contribution in [-0.4, -0.2) is 55.0 Å². The van der Waals surface area contributed by atoms with Gasteiger partial charge in [-0.15, -0.1) is 0 Å². The van der Waals surface area contributed by atoms with Crippen LogP contribution in [0.5, 0.6) is 11.5 Å². The molecule has 168 valence electrons. The van der Waals surface area contributed by atoms with Gasteiger partial charge >= 0.3 is 6.09 Å². The van der Waals surface area contributed by atoms with Crippen LogP contribution in [0.4, 0.5) is 10.5 Å². The molecule has 1 heterocycles. The fourth-order valence-corrected chi connectivity index (χ4v) is 3.17. The van der Waals surface area contributed by atoms with E-state index in [2.05, 4.69) is 9.89 Å². The summed E-state index contributed by atoms with van der Waals surface area (Å²) in [6.07, 6.45) is 2.40. The van der Waals surface area contributed by atoms with E-state index in [0.717, 1.165) is 23.4 Å². The fourth-order valence-electron chi connectivity index (χ4n) is 2.94. The van der Waals surface area contributed by atoms with Gasteiger partial charge in [-0.2, -0.15) is 0 Å². The number of rotatable bonds is 6. The SMILES string of the molecule is CC.CCCOC(=O)N1CCN(C=Nc2ccccc2Oc2ccc(Cl)cc2C)CC1. The molecule has 7 heteroatoms. The van der Waals surface area contributed by atoms with Crippen LogP contribution in [0, 0.1) is 6.92 Å². The molecule has 0 spiro atoms. The highest BCUT2D eigenvalue weighted by Crippen LogP contribution is 2.33. The van der Waals surface area contributed by atoms with Gasteiger partial charge in [0.2, 0.25) is 0 Å². The Morgan fingerprint density at radius 3 is 2.48 bits per heavy atom. The van der Waals surface area contributed by atoms with Crippen LogP contribution in [0.2, 0.25) is 5.02 Å². The molecular formula is C24H32ClN3O3. The van der Waals surface area contributed by atoms with Crippen molar-refractivity contribution in [2.24, 2.45) is 4.99 Å². The van der Waals surface area contributed by atoms with Crippen LogP contribution >= 0.6 is 11.6 Å². The molecule has 1 fully saturated rings. The third-order valence-corrected chi connectivity index (χ3v) is 4.82. The molecule has 31 heavy (non-hydrogen) atoms. The highest BCUT2D eigenvalue weighted by Gasteiger charge is 2.20.